The molecule has 0 saturated carbocycles. The SMILES string of the molecule is CCC(=O)OC(C(=O)O)C(=O)OC(C(F)(F)F)C(F)(F)F. The molecule has 0 radical (unpaired) electrons. The summed E-state index contributed by atoms with van der Waals surface area (Å²) in [6.07, 6.45) is -19.9. The van der Waals surface area contributed by atoms with Crippen LogP contribution in [0.5, 0.6) is 0 Å². The number of ether oxygens (including phenoxy) is 2. The summed E-state index contributed by atoms with van der Waals surface area (Å²) in [6, 6.07) is 0. The Morgan fingerprint density at radius 2 is 1.43 bits per heavy atom. The average molecular weight is 326 g/mol. The number of alkyl halides is 6. The monoisotopic (exact) mass is 326 g/mol. The van der Waals surface area contributed by atoms with Gasteiger partial charge in [-0.25, -0.2) is 9.59 Å². The van der Waals surface area contributed by atoms with E-state index in [1.54, 1.807) is 0 Å². The molecule has 0 heterocycles. The van der Waals surface area contributed by atoms with Crippen molar-refractivity contribution in [2.45, 2.75) is 37.9 Å². The Morgan fingerprint density at radius 3 is 1.71 bits per heavy atom. The van der Waals surface area contributed by atoms with Crippen molar-refractivity contribution in [1.29, 1.82) is 0 Å². The van der Waals surface area contributed by atoms with Gasteiger partial charge in [0.2, 0.25) is 0 Å². The minimum Gasteiger partial charge on any atom is -0.478 e. The lowest BCUT2D eigenvalue weighted by Crippen LogP contribution is -2.48. The van der Waals surface area contributed by atoms with E-state index in [9.17, 15) is 40.7 Å². The van der Waals surface area contributed by atoms with Crippen LogP contribution in [-0.2, 0) is 23.9 Å². The third-order valence-corrected chi connectivity index (χ3v) is 1.80. The van der Waals surface area contributed by atoms with Crippen molar-refractivity contribution in [3.63, 3.8) is 0 Å². The van der Waals surface area contributed by atoms with Crippen LogP contribution in [0, 0.1) is 0 Å². The van der Waals surface area contributed by atoms with Crippen molar-refractivity contribution in [2.75, 3.05) is 0 Å². The molecule has 1 atom stereocenters. The van der Waals surface area contributed by atoms with Crippen LogP contribution in [-0.4, -0.2) is 47.6 Å². The Bertz CT molecular complexity index is 400. The van der Waals surface area contributed by atoms with Gasteiger partial charge >= 0.3 is 30.3 Å². The van der Waals surface area contributed by atoms with E-state index in [-0.39, 0.29) is 0 Å². The second-order valence-corrected chi connectivity index (χ2v) is 3.46. The van der Waals surface area contributed by atoms with Crippen LogP contribution in [0.2, 0.25) is 0 Å². The minimum atomic E-state index is -6.01. The first-order valence-electron chi connectivity index (χ1n) is 5.06. The van der Waals surface area contributed by atoms with Gasteiger partial charge in [-0.1, -0.05) is 6.92 Å². The summed E-state index contributed by atoms with van der Waals surface area (Å²) >= 11 is 0. The molecule has 0 aliphatic heterocycles. The number of hydrogen-bond donors (Lipinski definition) is 1. The van der Waals surface area contributed by atoms with Crippen LogP contribution >= 0.6 is 0 Å². The maximum absolute atomic E-state index is 12.1. The number of hydrogen-bond acceptors (Lipinski definition) is 5. The number of carbonyl (C=O) groups excluding carboxylic acids is 2. The predicted molar refractivity (Wildman–Crippen MR) is 49.8 cm³/mol. The smallest absolute Gasteiger partial charge is 0.434 e. The van der Waals surface area contributed by atoms with Crippen LogP contribution < -0.4 is 0 Å². The number of rotatable bonds is 5. The van der Waals surface area contributed by atoms with Gasteiger partial charge < -0.3 is 14.6 Å². The molecule has 0 aromatic heterocycles. The van der Waals surface area contributed by atoms with Crippen molar-refractivity contribution in [3.05, 3.63) is 0 Å². The summed E-state index contributed by atoms with van der Waals surface area (Å²) in [6.45, 7) is 1.15. The highest BCUT2D eigenvalue weighted by Crippen LogP contribution is 2.35. The zero-order valence-corrected chi connectivity index (χ0v) is 10.1. The van der Waals surface area contributed by atoms with Crippen molar-refractivity contribution < 1.29 is 55.3 Å². The molecule has 0 rings (SSSR count). The second-order valence-electron chi connectivity index (χ2n) is 3.46. The normalized spacial score (nSPS) is 13.7. The topological polar surface area (TPSA) is 89.9 Å². The largest absolute Gasteiger partial charge is 0.478 e. The van der Waals surface area contributed by atoms with E-state index in [2.05, 4.69) is 9.47 Å². The van der Waals surface area contributed by atoms with E-state index in [0.717, 1.165) is 6.92 Å². The van der Waals surface area contributed by atoms with Crippen LogP contribution in [0.4, 0.5) is 26.3 Å². The van der Waals surface area contributed by atoms with E-state index in [1.807, 2.05) is 0 Å². The standard InChI is InChI=1S/C9H8F6O6/c1-2-3(16)20-4(5(17)18)6(19)21-7(8(10,11)12)9(13,14)15/h4,7H,2H2,1H3,(H,17,18). The van der Waals surface area contributed by atoms with E-state index < -0.39 is 48.9 Å². The van der Waals surface area contributed by atoms with Crippen molar-refractivity contribution in [2.24, 2.45) is 0 Å². The first-order chi connectivity index (χ1) is 9.30. The molecule has 6 nitrogen and oxygen atoms in total. The molecule has 12 heteroatoms. The summed E-state index contributed by atoms with van der Waals surface area (Å²) in [5, 5.41) is 8.47. The molecular formula is C9H8F6O6. The first kappa shape index (κ1) is 19.0. The lowest BCUT2D eigenvalue weighted by Gasteiger charge is -2.24. The average Bonchev–Trinajstić information content (AvgIpc) is 2.28. The lowest BCUT2D eigenvalue weighted by molar-refractivity contribution is -0.314. The number of carbonyl (C=O) groups is 3. The number of carboxylic acids is 1. The summed E-state index contributed by atoms with van der Waals surface area (Å²) in [5.74, 6) is -6.09. The maximum Gasteiger partial charge on any atom is 0.434 e. The third-order valence-electron chi connectivity index (χ3n) is 1.80. The molecular weight excluding hydrogens is 318 g/mol. The molecule has 0 spiro atoms. The summed E-state index contributed by atoms with van der Waals surface area (Å²) in [5.41, 5.74) is 0. The molecule has 0 fully saturated rings. The molecule has 0 aliphatic rings. The van der Waals surface area contributed by atoms with Crippen LogP contribution in [0.15, 0.2) is 0 Å². The quantitative estimate of drug-likeness (QED) is 0.467. The fourth-order valence-electron chi connectivity index (χ4n) is 0.911. The van der Waals surface area contributed by atoms with Gasteiger partial charge in [0.05, 0.1) is 0 Å². The molecule has 1 N–H and O–H groups in total. The summed E-state index contributed by atoms with van der Waals surface area (Å²) in [4.78, 5) is 32.4. The van der Waals surface area contributed by atoms with Gasteiger partial charge in [-0.2, -0.15) is 26.3 Å². The van der Waals surface area contributed by atoms with Crippen molar-refractivity contribution in [1.82, 2.24) is 0 Å². The highest BCUT2D eigenvalue weighted by molar-refractivity contribution is 5.98. The van der Waals surface area contributed by atoms with Gasteiger partial charge in [0.25, 0.3) is 12.2 Å². The Kier molecular flexibility index (Phi) is 5.99. The Morgan fingerprint density at radius 1 is 1.00 bits per heavy atom. The predicted octanol–water partition coefficient (Wildman–Crippen LogP) is 1.43. The molecule has 0 aliphatic carbocycles. The number of carboxylic acid groups (broad SMARTS) is 1. The highest BCUT2D eigenvalue weighted by atomic mass is 19.4. The fourth-order valence-corrected chi connectivity index (χ4v) is 0.911. The molecule has 122 valence electrons. The molecule has 0 saturated heterocycles. The first-order valence-corrected chi connectivity index (χ1v) is 5.06. The zero-order valence-electron chi connectivity index (χ0n) is 10.1. The number of halogens is 6. The summed E-state index contributed by atoms with van der Waals surface area (Å²) in [7, 11) is 0. The molecule has 1 unspecified atom stereocenters. The Hall–Kier alpha value is -2.01. The molecule has 0 bridgehead atoms. The van der Waals surface area contributed by atoms with E-state index in [1.165, 1.54) is 0 Å². The van der Waals surface area contributed by atoms with E-state index in [0.29, 0.717) is 0 Å². The van der Waals surface area contributed by atoms with Crippen LogP contribution in [0.25, 0.3) is 0 Å². The molecule has 0 amide bonds. The van der Waals surface area contributed by atoms with E-state index in [4.69, 9.17) is 5.11 Å². The second kappa shape index (κ2) is 6.63. The minimum absolute atomic E-state index is 0.459. The van der Waals surface area contributed by atoms with Gasteiger partial charge in [0.1, 0.15) is 0 Å². The highest BCUT2D eigenvalue weighted by Gasteiger charge is 2.60. The van der Waals surface area contributed by atoms with Gasteiger partial charge in [0.15, 0.2) is 0 Å². The van der Waals surface area contributed by atoms with Gasteiger partial charge in [0, 0.05) is 6.42 Å². The Balaban J connectivity index is 5.19. The Labute approximate surface area is 112 Å². The summed E-state index contributed by atoms with van der Waals surface area (Å²) < 4.78 is 79.7. The molecule has 0 aromatic carbocycles. The zero-order chi connectivity index (χ0) is 17.0. The maximum atomic E-state index is 12.1. The van der Waals surface area contributed by atoms with Crippen LogP contribution in [0.1, 0.15) is 13.3 Å². The molecule has 21 heavy (non-hydrogen) atoms. The van der Waals surface area contributed by atoms with Crippen molar-refractivity contribution in [3.8, 4) is 0 Å². The van der Waals surface area contributed by atoms with Gasteiger partial charge in [-0.15, -0.1) is 0 Å². The van der Waals surface area contributed by atoms with Gasteiger partial charge in [-0.05, 0) is 0 Å². The third kappa shape index (κ3) is 5.87. The lowest BCUT2D eigenvalue weighted by atomic mass is 10.3. The van der Waals surface area contributed by atoms with Crippen LogP contribution in [0.3, 0.4) is 0 Å². The number of esters is 2. The fraction of sp³-hybridized carbons (Fsp3) is 0.667. The number of aliphatic carboxylic acids is 1. The molecule has 0 aromatic rings. The van der Waals surface area contributed by atoms with Gasteiger partial charge in [-0.3, -0.25) is 4.79 Å². The van der Waals surface area contributed by atoms with Crippen molar-refractivity contribution >= 4 is 17.9 Å². The van der Waals surface area contributed by atoms with E-state index >= 15 is 0 Å².